The Labute approximate surface area is 154 Å². The first-order valence-electron chi connectivity index (χ1n) is 8.43. The molecule has 0 aromatic heterocycles. The lowest BCUT2D eigenvalue weighted by Crippen LogP contribution is -2.51. The maximum atomic E-state index is 13.2. The molecule has 25 heavy (non-hydrogen) atoms. The monoisotopic (exact) mass is 362 g/mol. The van der Waals surface area contributed by atoms with E-state index in [-0.39, 0.29) is 25.1 Å². The molecule has 1 spiro atoms. The number of aryl methyl sites for hydroxylation is 1. The molecule has 1 aliphatic carbocycles. The van der Waals surface area contributed by atoms with Crippen LogP contribution in [0.1, 0.15) is 52.0 Å². The number of nitrogens with zero attached hydrogens (tertiary/aromatic N) is 2. The van der Waals surface area contributed by atoms with Crippen LogP contribution >= 0.6 is 12.2 Å². The second kappa shape index (κ2) is 7.52. The Morgan fingerprint density at radius 1 is 1.20 bits per heavy atom. The number of imide groups is 1. The van der Waals surface area contributed by atoms with Crippen LogP contribution < -0.4 is 4.90 Å². The van der Waals surface area contributed by atoms with Crippen LogP contribution in [0.5, 0.6) is 0 Å². The molecule has 1 aliphatic heterocycles. The smallest absolute Gasteiger partial charge is 0.423 e. The molecule has 0 bridgehead atoms. The maximum absolute atomic E-state index is 13.2. The summed E-state index contributed by atoms with van der Waals surface area (Å²) in [4.78, 5) is 28.4. The number of carbonyl (C=O) groups is 2. The number of thiocarbonyl (C=S) groups is 1. The molecule has 0 atom stereocenters. The molecule has 5 nitrogen and oxygen atoms in total. The molecule has 1 aromatic rings. The van der Waals surface area contributed by atoms with Crippen molar-refractivity contribution in [3.63, 3.8) is 0 Å². The van der Waals surface area contributed by atoms with E-state index in [1.54, 1.807) is 6.92 Å². The van der Waals surface area contributed by atoms with Gasteiger partial charge in [-0.25, -0.2) is 4.79 Å². The van der Waals surface area contributed by atoms with Crippen LogP contribution in [0.4, 0.5) is 10.5 Å². The van der Waals surface area contributed by atoms with E-state index in [2.05, 4.69) is 0 Å². The molecule has 6 heteroatoms. The van der Waals surface area contributed by atoms with E-state index in [0.29, 0.717) is 12.8 Å². The van der Waals surface area contributed by atoms with Gasteiger partial charge in [0.15, 0.2) is 5.11 Å². The fourth-order valence-corrected chi connectivity index (χ4v) is 4.09. The third-order valence-corrected chi connectivity index (χ3v) is 5.20. The second-order valence-electron chi connectivity index (χ2n) is 6.39. The second-order valence-corrected chi connectivity index (χ2v) is 6.75. The highest BCUT2D eigenvalue weighted by Gasteiger charge is 2.58. The number of benzene rings is 1. The van der Waals surface area contributed by atoms with Crippen LogP contribution in [-0.4, -0.2) is 34.2 Å². The van der Waals surface area contributed by atoms with E-state index in [1.807, 2.05) is 36.1 Å². The minimum Gasteiger partial charge on any atom is -0.449 e. The predicted molar refractivity (Wildman–Crippen MR) is 103 cm³/mol. The highest BCUT2D eigenvalue weighted by Crippen LogP contribution is 2.43. The summed E-state index contributed by atoms with van der Waals surface area (Å²) in [6.45, 7) is 3.94. The van der Waals surface area contributed by atoms with Gasteiger partial charge in [-0.15, -0.1) is 0 Å². The molecule has 2 fully saturated rings. The molecule has 2 aliphatic rings. The zero-order valence-electron chi connectivity index (χ0n) is 14.1. The third-order valence-electron chi connectivity index (χ3n) is 4.84. The fourth-order valence-electron chi connectivity index (χ4n) is 3.65. The summed E-state index contributed by atoms with van der Waals surface area (Å²) in [7, 11) is 0. The molecule has 0 N–H and O–H groups in total. The summed E-state index contributed by atoms with van der Waals surface area (Å²) in [5, 5.41) is 0.226. The van der Waals surface area contributed by atoms with Crippen molar-refractivity contribution in [1.82, 2.24) is 4.90 Å². The Kier molecular flexibility index (Phi) is 5.83. The molecule has 1 saturated carbocycles. The van der Waals surface area contributed by atoms with Gasteiger partial charge in [-0.1, -0.05) is 44.4 Å². The zero-order valence-corrected chi connectivity index (χ0v) is 14.9. The Morgan fingerprint density at radius 2 is 1.80 bits per heavy atom. The third kappa shape index (κ3) is 3.15. The quantitative estimate of drug-likeness (QED) is 0.729. The topological polar surface area (TPSA) is 49.9 Å². The lowest BCUT2D eigenvalue weighted by molar-refractivity contribution is -0.130. The van der Waals surface area contributed by atoms with Gasteiger partial charge in [0, 0.05) is 5.69 Å². The van der Waals surface area contributed by atoms with E-state index >= 15 is 0 Å². The van der Waals surface area contributed by atoms with Gasteiger partial charge in [-0.2, -0.15) is 4.90 Å². The van der Waals surface area contributed by atoms with E-state index in [1.165, 1.54) is 0 Å². The van der Waals surface area contributed by atoms with E-state index in [4.69, 9.17) is 17.0 Å². The summed E-state index contributed by atoms with van der Waals surface area (Å²) in [6, 6.07) is 7.90. The van der Waals surface area contributed by atoms with Crippen molar-refractivity contribution in [2.75, 3.05) is 11.5 Å². The molecular weight excluding hydrogens is 336 g/mol. The van der Waals surface area contributed by atoms with Gasteiger partial charge in [0.2, 0.25) is 0 Å². The lowest BCUT2D eigenvalue weighted by atomic mass is 9.80. The first-order valence-corrected chi connectivity index (χ1v) is 8.84. The normalized spacial score (nSPS) is 19.1. The van der Waals surface area contributed by atoms with E-state index < -0.39 is 11.6 Å². The number of amides is 2. The van der Waals surface area contributed by atoms with E-state index in [0.717, 1.165) is 35.4 Å². The van der Waals surface area contributed by atoms with Gasteiger partial charge >= 0.3 is 6.09 Å². The van der Waals surface area contributed by atoms with Crippen molar-refractivity contribution in [1.29, 1.82) is 0 Å². The summed E-state index contributed by atoms with van der Waals surface area (Å²) in [5.41, 5.74) is 1.24. The Hall–Kier alpha value is -1.95. The van der Waals surface area contributed by atoms with Crippen molar-refractivity contribution in [2.45, 2.75) is 58.9 Å². The Bertz CT molecular complexity index is 666. The molecule has 1 aromatic carbocycles. The number of hydrogen-bond donors (Lipinski definition) is 0. The van der Waals surface area contributed by atoms with Gasteiger partial charge in [0.1, 0.15) is 5.54 Å². The van der Waals surface area contributed by atoms with Crippen LogP contribution in [0.25, 0.3) is 0 Å². The fraction of sp³-hybridized carbons (Fsp3) is 0.526. The summed E-state index contributed by atoms with van der Waals surface area (Å²) < 4.78 is 5.06. The highest BCUT2D eigenvalue weighted by atomic mass is 32.1. The molecule has 136 valence electrons. The van der Waals surface area contributed by atoms with E-state index in [9.17, 15) is 9.59 Å². The molecular formula is C19H26N2O3S. The van der Waals surface area contributed by atoms with Crippen molar-refractivity contribution >= 4 is 35.0 Å². The van der Waals surface area contributed by atoms with Gasteiger partial charge < -0.3 is 9.64 Å². The zero-order chi connectivity index (χ0) is 17.3. The molecule has 0 unspecified atom stereocenters. The Morgan fingerprint density at radius 3 is 2.36 bits per heavy atom. The average molecular weight is 362 g/mol. The van der Waals surface area contributed by atoms with Crippen molar-refractivity contribution in [3.8, 4) is 0 Å². The minimum atomic E-state index is -0.753. The number of hydrogen-bond acceptors (Lipinski definition) is 4. The largest absolute Gasteiger partial charge is 0.449 e. The predicted octanol–water partition coefficient (Wildman–Crippen LogP) is 4.42. The maximum Gasteiger partial charge on any atom is 0.423 e. The first kappa shape index (κ1) is 19.4. The van der Waals surface area contributed by atoms with Crippen LogP contribution in [0, 0.1) is 6.92 Å². The van der Waals surface area contributed by atoms with Gasteiger partial charge in [-0.05, 0) is 51.0 Å². The number of rotatable bonds is 2. The Balaban J connectivity index is 0.00000225. The van der Waals surface area contributed by atoms with Crippen LogP contribution in [-0.2, 0) is 9.53 Å². The summed E-state index contributed by atoms with van der Waals surface area (Å²) in [6.07, 6.45) is 3.74. The van der Waals surface area contributed by atoms with Gasteiger partial charge in [0.25, 0.3) is 5.91 Å². The van der Waals surface area contributed by atoms with Gasteiger partial charge in [-0.3, -0.25) is 4.79 Å². The highest BCUT2D eigenvalue weighted by molar-refractivity contribution is 7.80. The van der Waals surface area contributed by atoms with Crippen molar-refractivity contribution < 1.29 is 14.3 Å². The van der Waals surface area contributed by atoms with Crippen molar-refractivity contribution in [2.24, 2.45) is 0 Å². The molecule has 2 amide bonds. The molecule has 1 saturated heterocycles. The van der Waals surface area contributed by atoms with Crippen LogP contribution in [0.3, 0.4) is 0 Å². The minimum absolute atomic E-state index is 0. The van der Waals surface area contributed by atoms with Crippen LogP contribution in [0.15, 0.2) is 24.3 Å². The average Bonchev–Trinajstić information content (AvgIpc) is 2.77. The molecule has 0 radical (unpaired) electrons. The standard InChI is InChI=1S/C18H22N2O3S.CH4/c1-3-23-17(22)19-15(21)18(11-5-4-6-12-18)20(16(19)24)14-9-7-13(2)8-10-14;/h7-10H,3-6,11-12H2,1-2H3;1H4. The number of anilines is 1. The van der Waals surface area contributed by atoms with Crippen LogP contribution in [0.2, 0.25) is 0 Å². The summed E-state index contributed by atoms with van der Waals surface area (Å²) in [5.74, 6) is -0.244. The van der Waals surface area contributed by atoms with Gasteiger partial charge in [0.05, 0.1) is 6.61 Å². The van der Waals surface area contributed by atoms with Crippen molar-refractivity contribution in [3.05, 3.63) is 29.8 Å². The SMILES string of the molecule is C.CCOC(=O)N1C(=O)C2(CCCCC2)N(c2ccc(C)cc2)C1=S. The lowest BCUT2D eigenvalue weighted by Gasteiger charge is -2.39. The number of carbonyl (C=O) groups excluding carboxylic acids is 2. The number of ether oxygens (including phenoxy) is 1. The molecule has 1 heterocycles. The summed E-state index contributed by atoms with van der Waals surface area (Å²) >= 11 is 5.53. The molecule has 3 rings (SSSR count). The first-order chi connectivity index (χ1) is 11.5.